The Kier molecular flexibility index (Phi) is 7.44. The minimum absolute atomic E-state index is 0.0716. The van der Waals surface area contributed by atoms with Crippen LogP contribution in [0, 0.1) is 11.3 Å². The number of hydrogen-bond donors (Lipinski definition) is 0. The van der Waals surface area contributed by atoms with E-state index in [0.717, 1.165) is 9.87 Å². The number of benzene rings is 2. The number of amides is 1. The first-order chi connectivity index (χ1) is 13.2. The Morgan fingerprint density at radius 2 is 1.75 bits per heavy atom. The molecule has 0 aliphatic heterocycles. The Morgan fingerprint density at radius 1 is 1.11 bits per heavy atom. The van der Waals surface area contributed by atoms with Gasteiger partial charge in [-0.05, 0) is 36.2 Å². The van der Waals surface area contributed by atoms with Crippen molar-refractivity contribution in [1.82, 2.24) is 9.21 Å². The molecule has 0 aliphatic carbocycles. The van der Waals surface area contributed by atoms with Crippen molar-refractivity contribution in [2.75, 3.05) is 27.2 Å². The van der Waals surface area contributed by atoms with Crippen molar-refractivity contribution in [1.29, 1.82) is 5.26 Å². The highest BCUT2D eigenvalue weighted by Gasteiger charge is 2.27. The molecule has 2 aromatic rings. The highest BCUT2D eigenvalue weighted by atomic mass is 35.5. The van der Waals surface area contributed by atoms with E-state index in [9.17, 15) is 13.2 Å². The quantitative estimate of drug-likeness (QED) is 0.662. The first-order valence-electron chi connectivity index (χ1n) is 8.30. The van der Waals surface area contributed by atoms with Crippen LogP contribution in [0.3, 0.4) is 0 Å². The van der Waals surface area contributed by atoms with Crippen molar-refractivity contribution in [3.63, 3.8) is 0 Å². The van der Waals surface area contributed by atoms with Crippen molar-refractivity contribution in [3.05, 3.63) is 63.6 Å². The summed E-state index contributed by atoms with van der Waals surface area (Å²) in [6.07, 6.45) is 0.588. The molecule has 6 nitrogen and oxygen atoms in total. The Morgan fingerprint density at radius 3 is 2.36 bits per heavy atom. The number of hydrogen-bond acceptors (Lipinski definition) is 4. The Labute approximate surface area is 174 Å². The Balaban J connectivity index is 2.00. The van der Waals surface area contributed by atoms with Gasteiger partial charge in [0.2, 0.25) is 15.9 Å². The third-order valence-corrected chi connectivity index (χ3v) is 6.98. The van der Waals surface area contributed by atoms with Crippen molar-refractivity contribution < 1.29 is 13.2 Å². The van der Waals surface area contributed by atoms with Crippen LogP contribution in [-0.2, 0) is 21.2 Å². The summed E-state index contributed by atoms with van der Waals surface area (Å²) in [6.45, 7) is 0.0889. The van der Waals surface area contributed by atoms with Crippen LogP contribution < -0.4 is 0 Å². The molecule has 0 aromatic heterocycles. The lowest BCUT2D eigenvalue weighted by molar-refractivity contribution is -0.129. The molecule has 0 N–H and O–H groups in total. The van der Waals surface area contributed by atoms with Crippen molar-refractivity contribution in [2.45, 2.75) is 11.3 Å². The van der Waals surface area contributed by atoms with E-state index in [4.69, 9.17) is 28.5 Å². The SMILES string of the molecule is CN(CCc1ccc(C#N)cc1)C(=O)CN(C)S(=O)(=O)c1cccc(Cl)c1Cl. The first kappa shape index (κ1) is 22.2. The topological polar surface area (TPSA) is 81.5 Å². The van der Waals surface area contributed by atoms with Gasteiger partial charge in [0.05, 0.1) is 28.2 Å². The second kappa shape index (κ2) is 9.39. The van der Waals surface area contributed by atoms with Crippen LogP contribution in [-0.4, -0.2) is 50.7 Å². The molecule has 1 amide bonds. The second-order valence-corrected chi connectivity index (χ2v) is 8.99. The fraction of sp³-hybridized carbons (Fsp3) is 0.263. The summed E-state index contributed by atoms with van der Waals surface area (Å²) in [6, 6.07) is 13.5. The maximum Gasteiger partial charge on any atom is 0.244 e. The van der Waals surface area contributed by atoms with Gasteiger partial charge in [0.15, 0.2) is 0 Å². The van der Waals surface area contributed by atoms with Crippen LogP contribution in [0.1, 0.15) is 11.1 Å². The van der Waals surface area contributed by atoms with E-state index in [1.54, 1.807) is 19.2 Å². The van der Waals surface area contributed by atoms with Gasteiger partial charge in [-0.25, -0.2) is 8.42 Å². The third kappa shape index (κ3) is 5.24. The van der Waals surface area contributed by atoms with Crippen LogP contribution in [0.25, 0.3) is 0 Å². The molecule has 0 radical (unpaired) electrons. The monoisotopic (exact) mass is 439 g/mol. The smallest absolute Gasteiger partial charge is 0.244 e. The highest BCUT2D eigenvalue weighted by Crippen LogP contribution is 2.30. The summed E-state index contributed by atoms with van der Waals surface area (Å²) in [5.41, 5.74) is 1.55. The summed E-state index contributed by atoms with van der Waals surface area (Å²) in [7, 11) is -1.03. The lowest BCUT2D eigenvalue weighted by Crippen LogP contribution is -2.40. The van der Waals surface area contributed by atoms with Gasteiger partial charge in [-0.3, -0.25) is 4.79 Å². The fourth-order valence-corrected chi connectivity index (χ4v) is 4.27. The predicted octanol–water partition coefficient (Wildman–Crippen LogP) is 3.19. The number of likely N-dealkylation sites (N-methyl/N-ethyl adjacent to an activating group) is 2. The molecule has 9 heteroatoms. The normalized spacial score (nSPS) is 11.3. The van der Waals surface area contributed by atoms with E-state index in [-0.39, 0.29) is 27.4 Å². The van der Waals surface area contributed by atoms with E-state index in [0.29, 0.717) is 18.5 Å². The number of halogens is 2. The molecule has 148 valence electrons. The summed E-state index contributed by atoms with van der Waals surface area (Å²) < 4.78 is 26.3. The third-order valence-electron chi connectivity index (χ3n) is 4.21. The molecule has 0 heterocycles. The average Bonchev–Trinajstić information content (AvgIpc) is 2.68. The molecule has 2 aromatic carbocycles. The molecule has 0 spiro atoms. The number of carbonyl (C=O) groups is 1. The number of sulfonamides is 1. The summed E-state index contributed by atoms with van der Waals surface area (Å²) in [5, 5.41) is 8.87. The van der Waals surface area contributed by atoms with Crippen LogP contribution in [0.4, 0.5) is 0 Å². The van der Waals surface area contributed by atoms with E-state index in [2.05, 4.69) is 0 Å². The van der Waals surface area contributed by atoms with Gasteiger partial charge in [-0.1, -0.05) is 41.4 Å². The van der Waals surface area contributed by atoms with Crippen LogP contribution >= 0.6 is 23.2 Å². The van der Waals surface area contributed by atoms with Gasteiger partial charge in [0, 0.05) is 20.6 Å². The predicted molar refractivity (Wildman–Crippen MR) is 109 cm³/mol. The standard InChI is InChI=1S/C19H19Cl2N3O3S/c1-23(11-10-14-6-8-15(12-22)9-7-14)18(25)13-24(2)28(26,27)17-5-3-4-16(20)19(17)21/h3-9H,10-11,13H2,1-2H3. The van der Waals surface area contributed by atoms with Gasteiger partial charge in [0.25, 0.3) is 0 Å². The molecular weight excluding hydrogens is 421 g/mol. The maximum absolute atomic E-state index is 12.7. The number of nitriles is 1. The summed E-state index contributed by atoms with van der Waals surface area (Å²) in [4.78, 5) is 13.7. The molecular formula is C19H19Cl2N3O3S. The lowest BCUT2D eigenvalue weighted by atomic mass is 10.1. The van der Waals surface area contributed by atoms with Gasteiger partial charge in [0.1, 0.15) is 4.90 Å². The van der Waals surface area contributed by atoms with Crippen LogP contribution in [0.2, 0.25) is 10.0 Å². The first-order valence-corrected chi connectivity index (χ1v) is 10.5. The molecule has 2 rings (SSSR count). The maximum atomic E-state index is 12.7. The van der Waals surface area contributed by atoms with E-state index >= 15 is 0 Å². The number of nitrogens with zero attached hydrogens (tertiary/aromatic N) is 3. The van der Waals surface area contributed by atoms with Gasteiger partial charge >= 0.3 is 0 Å². The van der Waals surface area contributed by atoms with E-state index in [1.807, 2.05) is 18.2 Å². The molecule has 0 unspecified atom stereocenters. The minimum atomic E-state index is -3.96. The van der Waals surface area contributed by atoms with Gasteiger partial charge in [-0.15, -0.1) is 0 Å². The molecule has 0 atom stereocenters. The Bertz CT molecular complexity index is 1000. The molecule has 0 bridgehead atoms. The highest BCUT2D eigenvalue weighted by molar-refractivity contribution is 7.89. The molecule has 0 saturated carbocycles. The zero-order valence-corrected chi connectivity index (χ0v) is 17.7. The van der Waals surface area contributed by atoms with E-state index in [1.165, 1.54) is 30.1 Å². The lowest BCUT2D eigenvalue weighted by Gasteiger charge is -2.22. The van der Waals surface area contributed by atoms with Crippen molar-refractivity contribution in [2.24, 2.45) is 0 Å². The number of carbonyl (C=O) groups excluding carboxylic acids is 1. The average molecular weight is 440 g/mol. The second-order valence-electron chi connectivity index (χ2n) is 6.19. The zero-order chi connectivity index (χ0) is 20.9. The molecule has 0 saturated heterocycles. The minimum Gasteiger partial charge on any atom is -0.344 e. The Hall–Kier alpha value is -2.11. The molecule has 28 heavy (non-hydrogen) atoms. The van der Waals surface area contributed by atoms with Crippen LogP contribution in [0.5, 0.6) is 0 Å². The molecule has 0 fully saturated rings. The summed E-state index contributed by atoms with van der Waals surface area (Å²) in [5.74, 6) is -0.349. The summed E-state index contributed by atoms with van der Waals surface area (Å²) >= 11 is 11.9. The van der Waals surface area contributed by atoms with Crippen LogP contribution in [0.15, 0.2) is 47.4 Å². The fourth-order valence-electron chi connectivity index (χ4n) is 2.41. The van der Waals surface area contributed by atoms with Gasteiger partial charge in [-0.2, -0.15) is 9.57 Å². The molecule has 0 aliphatic rings. The zero-order valence-electron chi connectivity index (χ0n) is 15.4. The van der Waals surface area contributed by atoms with Crippen molar-refractivity contribution >= 4 is 39.1 Å². The van der Waals surface area contributed by atoms with E-state index < -0.39 is 10.0 Å². The van der Waals surface area contributed by atoms with Gasteiger partial charge < -0.3 is 4.90 Å². The van der Waals surface area contributed by atoms with Crippen molar-refractivity contribution in [3.8, 4) is 6.07 Å². The number of rotatable bonds is 7. The largest absolute Gasteiger partial charge is 0.344 e.